The molecule has 0 amide bonds. The zero-order valence-electron chi connectivity index (χ0n) is 10.5. The minimum absolute atomic E-state index is 0.0649. The molecule has 0 saturated heterocycles. The predicted molar refractivity (Wildman–Crippen MR) is 72.0 cm³/mol. The zero-order valence-corrected chi connectivity index (χ0v) is 12.1. The number of nitrogens with zero attached hydrogens (tertiary/aromatic N) is 2. The first kappa shape index (κ1) is 15.8. The highest BCUT2D eigenvalue weighted by Gasteiger charge is 2.28. The summed E-state index contributed by atoms with van der Waals surface area (Å²) in [7, 11) is -2.50. The molecule has 0 unspecified atom stereocenters. The smallest absolute Gasteiger partial charge is 0.304 e. The standard InChI is InChI=1S/C9H15N3O5S2/c1-3-10-9-7(12(14)15)6-8(18-9)19(16,17)11(2)4-5-13/h6,10,13H,3-5H2,1-2H3. The van der Waals surface area contributed by atoms with Crippen LogP contribution in [0.2, 0.25) is 0 Å². The number of nitro groups is 1. The maximum Gasteiger partial charge on any atom is 0.304 e. The van der Waals surface area contributed by atoms with Crippen molar-refractivity contribution in [1.82, 2.24) is 4.31 Å². The van der Waals surface area contributed by atoms with E-state index in [4.69, 9.17) is 5.11 Å². The Labute approximate surface area is 114 Å². The third kappa shape index (κ3) is 3.41. The molecular weight excluding hydrogens is 294 g/mol. The molecule has 10 heteroatoms. The molecule has 2 N–H and O–H groups in total. The van der Waals surface area contributed by atoms with E-state index in [1.54, 1.807) is 6.92 Å². The van der Waals surface area contributed by atoms with Gasteiger partial charge in [0, 0.05) is 26.2 Å². The summed E-state index contributed by atoms with van der Waals surface area (Å²) in [6, 6.07) is 1.03. The summed E-state index contributed by atoms with van der Waals surface area (Å²) in [4.78, 5) is 10.2. The van der Waals surface area contributed by atoms with Crippen LogP contribution < -0.4 is 5.32 Å². The maximum atomic E-state index is 12.1. The van der Waals surface area contributed by atoms with Gasteiger partial charge in [0.2, 0.25) is 0 Å². The molecule has 108 valence electrons. The monoisotopic (exact) mass is 309 g/mol. The highest BCUT2D eigenvalue weighted by atomic mass is 32.2. The van der Waals surface area contributed by atoms with Gasteiger partial charge in [-0.3, -0.25) is 10.1 Å². The molecule has 1 rings (SSSR count). The number of aliphatic hydroxyl groups excluding tert-OH is 1. The van der Waals surface area contributed by atoms with Crippen LogP contribution in [0.3, 0.4) is 0 Å². The Balaban J connectivity index is 3.21. The Hall–Kier alpha value is -1.23. The summed E-state index contributed by atoms with van der Waals surface area (Å²) in [5, 5.41) is 22.6. The number of rotatable bonds is 7. The van der Waals surface area contributed by atoms with Gasteiger partial charge in [-0.15, -0.1) is 0 Å². The van der Waals surface area contributed by atoms with E-state index in [0.717, 1.165) is 21.7 Å². The number of anilines is 1. The molecule has 0 aliphatic heterocycles. The van der Waals surface area contributed by atoms with Gasteiger partial charge < -0.3 is 10.4 Å². The highest BCUT2D eigenvalue weighted by Crippen LogP contribution is 2.37. The summed E-state index contributed by atoms with van der Waals surface area (Å²) in [6.45, 7) is 1.83. The number of likely N-dealkylation sites (N-methyl/N-ethyl adjacent to an activating group) is 1. The van der Waals surface area contributed by atoms with Crippen LogP contribution in [-0.2, 0) is 10.0 Å². The topological polar surface area (TPSA) is 113 Å². The van der Waals surface area contributed by atoms with Crippen LogP contribution in [-0.4, -0.2) is 49.5 Å². The van der Waals surface area contributed by atoms with Gasteiger partial charge in [0.25, 0.3) is 10.0 Å². The Morgan fingerprint density at radius 1 is 1.58 bits per heavy atom. The van der Waals surface area contributed by atoms with E-state index in [1.807, 2.05) is 0 Å². The van der Waals surface area contributed by atoms with Crippen molar-refractivity contribution >= 4 is 32.0 Å². The molecule has 0 aliphatic carbocycles. The summed E-state index contributed by atoms with van der Waals surface area (Å²) in [5.74, 6) is 0. The van der Waals surface area contributed by atoms with Crippen molar-refractivity contribution in [3.63, 3.8) is 0 Å². The second-order valence-electron chi connectivity index (χ2n) is 3.62. The molecule has 0 bridgehead atoms. The number of sulfonamides is 1. The lowest BCUT2D eigenvalue weighted by atomic mass is 10.5. The van der Waals surface area contributed by atoms with E-state index < -0.39 is 14.9 Å². The van der Waals surface area contributed by atoms with Gasteiger partial charge in [-0.25, -0.2) is 8.42 Å². The molecule has 0 saturated carbocycles. The molecule has 1 aromatic rings. The molecule has 0 atom stereocenters. The molecule has 0 aliphatic rings. The summed E-state index contributed by atoms with van der Waals surface area (Å²) in [5.41, 5.74) is -0.261. The third-order valence-corrected chi connectivity index (χ3v) is 5.69. The minimum atomic E-state index is -3.81. The second kappa shape index (κ2) is 6.28. The molecule has 0 aromatic carbocycles. The minimum Gasteiger partial charge on any atom is -0.395 e. The van der Waals surface area contributed by atoms with Crippen molar-refractivity contribution in [2.24, 2.45) is 0 Å². The Kier molecular flexibility index (Phi) is 5.23. The third-order valence-electron chi connectivity index (χ3n) is 2.30. The predicted octanol–water partition coefficient (Wildman–Crippen LogP) is 0.701. The molecule has 1 heterocycles. The Morgan fingerprint density at radius 3 is 2.68 bits per heavy atom. The van der Waals surface area contributed by atoms with Crippen LogP contribution in [0, 0.1) is 10.1 Å². The summed E-state index contributed by atoms with van der Waals surface area (Å²) in [6.07, 6.45) is 0. The molecular formula is C9H15N3O5S2. The van der Waals surface area contributed by atoms with Crippen molar-refractivity contribution < 1.29 is 18.4 Å². The Bertz CT molecular complexity index is 554. The molecule has 1 aromatic heterocycles. The van der Waals surface area contributed by atoms with Crippen LogP contribution in [0.15, 0.2) is 10.3 Å². The lowest BCUT2D eigenvalue weighted by Gasteiger charge is -2.13. The normalized spacial score (nSPS) is 11.8. The fourth-order valence-corrected chi connectivity index (χ4v) is 4.09. The molecule has 0 spiro atoms. The second-order valence-corrected chi connectivity index (χ2v) is 6.94. The van der Waals surface area contributed by atoms with Crippen LogP contribution in [0.25, 0.3) is 0 Å². The molecule has 0 fully saturated rings. The largest absolute Gasteiger partial charge is 0.395 e. The quantitative estimate of drug-likeness (QED) is 0.566. The van der Waals surface area contributed by atoms with Gasteiger partial charge in [-0.1, -0.05) is 11.3 Å². The SMILES string of the molecule is CCNc1sc(S(=O)(=O)N(C)CCO)cc1[N+](=O)[O-]. The van der Waals surface area contributed by atoms with Gasteiger partial charge in [-0.05, 0) is 6.92 Å². The van der Waals surface area contributed by atoms with Crippen LogP contribution in [0.1, 0.15) is 6.92 Å². The fraction of sp³-hybridized carbons (Fsp3) is 0.556. The van der Waals surface area contributed by atoms with Crippen LogP contribution in [0.5, 0.6) is 0 Å². The Morgan fingerprint density at radius 2 is 2.21 bits per heavy atom. The number of thiophene rings is 1. The highest BCUT2D eigenvalue weighted by molar-refractivity contribution is 7.91. The van der Waals surface area contributed by atoms with Gasteiger partial charge >= 0.3 is 5.69 Å². The maximum absolute atomic E-state index is 12.1. The van der Waals surface area contributed by atoms with Gasteiger partial charge in [0.1, 0.15) is 4.21 Å². The van der Waals surface area contributed by atoms with Crippen LogP contribution in [0.4, 0.5) is 10.7 Å². The van der Waals surface area contributed by atoms with Crippen molar-refractivity contribution in [1.29, 1.82) is 0 Å². The summed E-state index contributed by atoms with van der Waals surface area (Å²) < 4.78 is 25.0. The number of hydrogen-bond donors (Lipinski definition) is 2. The van der Waals surface area contributed by atoms with Gasteiger partial charge in [0.15, 0.2) is 5.00 Å². The lowest BCUT2D eigenvalue weighted by Crippen LogP contribution is -2.29. The zero-order chi connectivity index (χ0) is 14.6. The van der Waals surface area contributed by atoms with Crippen molar-refractivity contribution in [3.8, 4) is 0 Å². The van der Waals surface area contributed by atoms with Crippen LogP contribution >= 0.6 is 11.3 Å². The van der Waals surface area contributed by atoms with Crippen molar-refractivity contribution in [2.45, 2.75) is 11.1 Å². The average molecular weight is 309 g/mol. The lowest BCUT2D eigenvalue weighted by molar-refractivity contribution is -0.383. The van der Waals surface area contributed by atoms with E-state index in [2.05, 4.69) is 5.32 Å². The summed E-state index contributed by atoms with van der Waals surface area (Å²) >= 11 is 0.810. The number of aliphatic hydroxyl groups is 1. The molecule has 8 nitrogen and oxygen atoms in total. The van der Waals surface area contributed by atoms with Crippen molar-refractivity contribution in [3.05, 3.63) is 16.2 Å². The van der Waals surface area contributed by atoms with E-state index in [-0.39, 0.29) is 28.0 Å². The van der Waals surface area contributed by atoms with Gasteiger partial charge in [-0.2, -0.15) is 4.31 Å². The van der Waals surface area contributed by atoms with E-state index in [9.17, 15) is 18.5 Å². The van der Waals surface area contributed by atoms with Crippen molar-refractivity contribution in [2.75, 3.05) is 32.1 Å². The molecule has 0 radical (unpaired) electrons. The number of hydrogen-bond acceptors (Lipinski definition) is 7. The van der Waals surface area contributed by atoms with E-state index in [0.29, 0.717) is 6.54 Å². The number of nitrogens with one attached hydrogen (secondary N) is 1. The fourth-order valence-electron chi connectivity index (χ4n) is 1.32. The van der Waals surface area contributed by atoms with E-state index in [1.165, 1.54) is 7.05 Å². The average Bonchev–Trinajstić information content (AvgIpc) is 2.74. The first-order valence-corrected chi connectivity index (χ1v) is 7.69. The first-order chi connectivity index (χ1) is 8.84. The molecule has 19 heavy (non-hydrogen) atoms. The first-order valence-electron chi connectivity index (χ1n) is 5.43. The van der Waals surface area contributed by atoms with E-state index >= 15 is 0 Å². The van der Waals surface area contributed by atoms with Gasteiger partial charge in [0.05, 0.1) is 11.5 Å².